The fraction of sp³-hybridized carbons (Fsp3) is 0.600. The van der Waals surface area contributed by atoms with Crippen molar-refractivity contribution in [2.45, 2.75) is 31.4 Å². The van der Waals surface area contributed by atoms with Crippen LogP contribution in [0, 0.1) is 0 Å². The van der Waals surface area contributed by atoms with Gasteiger partial charge in [-0.05, 0) is 31.2 Å². The summed E-state index contributed by atoms with van der Waals surface area (Å²) in [5, 5.41) is 2.07. The second-order valence-electron chi connectivity index (χ2n) is 3.88. The maximum Gasteiger partial charge on any atom is 0.0870 e. The van der Waals surface area contributed by atoms with Gasteiger partial charge in [0.1, 0.15) is 0 Å². The van der Waals surface area contributed by atoms with Gasteiger partial charge in [-0.1, -0.05) is 6.07 Å². The van der Waals surface area contributed by atoms with Crippen LogP contribution in [0.2, 0.25) is 0 Å². The first-order chi connectivity index (χ1) is 6.76. The maximum absolute atomic E-state index is 5.78. The summed E-state index contributed by atoms with van der Waals surface area (Å²) in [6.45, 7) is 2.98. The van der Waals surface area contributed by atoms with E-state index in [2.05, 4.69) is 23.8 Å². The molecule has 0 saturated carbocycles. The molecule has 2 heterocycles. The van der Waals surface area contributed by atoms with Gasteiger partial charge in [0.25, 0.3) is 0 Å². The number of thiophene rings is 1. The van der Waals surface area contributed by atoms with Crippen LogP contribution in [0.25, 0.3) is 0 Å². The lowest BCUT2D eigenvalue weighted by atomic mass is 9.92. The summed E-state index contributed by atoms with van der Waals surface area (Å²) in [7, 11) is 0. The molecule has 2 unspecified atom stereocenters. The van der Waals surface area contributed by atoms with Gasteiger partial charge >= 0.3 is 0 Å². The molecule has 1 fully saturated rings. The molecule has 0 amide bonds. The number of rotatable bonds is 3. The molecule has 0 aliphatic carbocycles. The first-order valence-electron chi connectivity index (χ1n) is 4.90. The molecule has 1 saturated heterocycles. The van der Waals surface area contributed by atoms with Crippen LogP contribution in [0.5, 0.6) is 0 Å². The van der Waals surface area contributed by atoms with Crippen molar-refractivity contribution in [2.75, 3.05) is 6.61 Å². The van der Waals surface area contributed by atoms with E-state index in [4.69, 9.17) is 10.6 Å². The zero-order valence-corrected chi connectivity index (χ0v) is 9.14. The van der Waals surface area contributed by atoms with E-state index in [9.17, 15) is 0 Å². The fourth-order valence-corrected chi connectivity index (χ4v) is 2.97. The lowest BCUT2D eigenvalue weighted by Crippen LogP contribution is -2.43. The Labute approximate surface area is 88.2 Å². The molecule has 1 aliphatic rings. The van der Waals surface area contributed by atoms with Crippen molar-refractivity contribution in [1.82, 2.24) is 5.43 Å². The van der Waals surface area contributed by atoms with E-state index >= 15 is 0 Å². The minimum Gasteiger partial charge on any atom is -0.373 e. The monoisotopic (exact) mass is 212 g/mol. The summed E-state index contributed by atoms with van der Waals surface area (Å²) in [6.07, 6.45) is 2.19. The van der Waals surface area contributed by atoms with E-state index in [1.54, 1.807) is 11.3 Å². The molecule has 1 aromatic rings. The highest BCUT2D eigenvalue weighted by atomic mass is 32.1. The van der Waals surface area contributed by atoms with Crippen molar-refractivity contribution >= 4 is 11.3 Å². The van der Waals surface area contributed by atoms with E-state index in [-0.39, 0.29) is 11.6 Å². The number of ether oxygens (including phenoxy) is 1. The number of nitrogens with one attached hydrogen (secondary N) is 1. The maximum atomic E-state index is 5.78. The number of nitrogens with two attached hydrogens (primary N) is 1. The summed E-state index contributed by atoms with van der Waals surface area (Å²) < 4.78 is 5.78. The zero-order chi connectivity index (χ0) is 10.0. The lowest BCUT2D eigenvalue weighted by molar-refractivity contribution is -0.0115. The molecule has 0 bridgehead atoms. The first kappa shape index (κ1) is 10.1. The third-order valence-electron chi connectivity index (χ3n) is 2.85. The molecular formula is C10H16N2OS. The van der Waals surface area contributed by atoms with Gasteiger partial charge in [-0.25, -0.2) is 5.43 Å². The Morgan fingerprint density at radius 2 is 2.57 bits per heavy atom. The Morgan fingerprint density at radius 1 is 1.71 bits per heavy atom. The van der Waals surface area contributed by atoms with Gasteiger partial charge in [0.05, 0.1) is 11.6 Å². The van der Waals surface area contributed by atoms with Gasteiger partial charge in [0, 0.05) is 11.5 Å². The summed E-state index contributed by atoms with van der Waals surface area (Å²) in [6, 6.07) is 4.26. The van der Waals surface area contributed by atoms with Crippen LogP contribution in [0.15, 0.2) is 17.5 Å². The Hall–Kier alpha value is -0.420. The SMILES string of the molecule is CC1(C(NN)c2cccs2)CCCO1. The predicted molar refractivity (Wildman–Crippen MR) is 58.0 cm³/mol. The van der Waals surface area contributed by atoms with Crippen molar-refractivity contribution in [2.24, 2.45) is 5.84 Å². The highest BCUT2D eigenvalue weighted by Crippen LogP contribution is 2.38. The Bertz CT molecular complexity index is 280. The first-order valence-corrected chi connectivity index (χ1v) is 5.78. The van der Waals surface area contributed by atoms with Gasteiger partial charge in [0.15, 0.2) is 0 Å². The van der Waals surface area contributed by atoms with Gasteiger partial charge < -0.3 is 4.74 Å². The summed E-state index contributed by atoms with van der Waals surface area (Å²) in [5.74, 6) is 5.61. The summed E-state index contributed by atoms with van der Waals surface area (Å²) in [5.41, 5.74) is 2.73. The molecule has 14 heavy (non-hydrogen) atoms. The minimum absolute atomic E-state index is 0.116. The molecule has 1 aromatic heterocycles. The highest BCUT2D eigenvalue weighted by Gasteiger charge is 2.39. The van der Waals surface area contributed by atoms with Gasteiger partial charge in [0.2, 0.25) is 0 Å². The van der Waals surface area contributed by atoms with Gasteiger partial charge in [-0.3, -0.25) is 5.84 Å². The Balaban J connectivity index is 2.20. The van der Waals surface area contributed by atoms with Gasteiger partial charge in [-0.15, -0.1) is 11.3 Å². The predicted octanol–water partition coefficient (Wildman–Crippen LogP) is 1.82. The molecular weight excluding hydrogens is 196 g/mol. The molecule has 0 spiro atoms. The second kappa shape index (κ2) is 3.98. The van der Waals surface area contributed by atoms with Crippen molar-refractivity contribution in [3.63, 3.8) is 0 Å². The third kappa shape index (κ3) is 1.70. The quantitative estimate of drug-likeness (QED) is 0.593. The summed E-state index contributed by atoms with van der Waals surface area (Å²) in [4.78, 5) is 1.25. The molecule has 78 valence electrons. The highest BCUT2D eigenvalue weighted by molar-refractivity contribution is 7.10. The van der Waals surface area contributed by atoms with Crippen LogP contribution >= 0.6 is 11.3 Å². The molecule has 0 radical (unpaired) electrons. The normalized spacial score (nSPS) is 29.3. The standard InChI is InChI=1S/C10H16N2OS/c1-10(5-3-6-13-10)9(12-11)8-4-2-7-14-8/h2,4,7,9,12H,3,5-6,11H2,1H3. The van der Waals surface area contributed by atoms with Crippen molar-refractivity contribution in [3.05, 3.63) is 22.4 Å². The third-order valence-corrected chi connectivity index (χ3v) is 3.79. The van der Waals surface area contributed by atoms with E-state index in [1.807, 2.05) is 6.07 Å². The average Bonchev–Trinajstić information content (AvgIpc) is 2.78. The Morgan fingerprint density at radius 3 is 3.07 bits per heavy atom. The molecule has 3 nitrogen and oxygen atoms in total. The van der Waals surface area contributed by atoms with Crippen molar-refractivity contribution in [1.29, 1.82) is 0 Å². The van der Waals surface area contributed by atoms with Crippen molar-refractivity contribution in [3.8, 4) is 0 Å². The van der Waals surface area contributed by atoms with Crippen LogP contribution in [0.1, 0.15) is 30.7 Å². The van der Waals surface area contributed by atoms with E-state index < -0.39 is 0 Å². The Kier molecular flexibility index (Phi) is 2.88. The van der Waals surface area contributed by atoms with E-state index in [1.165, 1.54) is 4.88 Å². The zero-order valence-electron chi connectivity index (χ0n) is 8.32. The van der Waals surface area contributed by atoms with E-state index in [0.29, 0.717) is 0 Å². The molecule has 3 N–H and O–H groups in total. The van der Waals surface area contributed by atoms with Crippen molar-refractivity contribution < 1.29 is 4.74 Å². The second-order valence-corrected chi connectivity index (χ2v) is 4.86. The molecule has 2 rings (SSSR count). The van der Waals surface area contributed by atoms with E-state index in [0.717, 1.165) is 19.4 Å². The molecule has 1 aliphatic heterocycles. The number of hydrogen-bond donors (Lipinski definition) is 2. The van der Waals surface area contributed by atoms with Crippen LogP contribution in [0.3, 0.4) is 0 Å². The average molecular weight is 212 g/mol. The summed E-state index contributed by atoms with van der Waals surface area (Å²) >= 11 is 1.72. The van der Waals surface area contributed by atoms with Crippen LogP contribution in [0.4, 0.5) is 0 Å². The molecule has 4 heteroatoms. The number of hydrazine groups is 1. The van der Waals surface area contributed by atoms with Gasteiger partial charge in [-0.2, -0.15) is 0 Å². The molecule has 0 aromatic carbocycles. The minimum atomic E-state index is -0.139. The van der Waals surface area contributed by atoms with Crippen LogP contribution in [-0.2, 0) is 4.74 Å². The van der Waals surface area contributed by atoms with Crippen LogP contribution < -0.4 is 11.3 Å². The van der Waals surface area contributed by atoms with Crippen LogP contribution in [-0.4, -0.2) is 12.2 Å². The molecule has 2 atom stereocenters. The largest absolute Gasteiger partial charge is 0.373 e. The topological polar surface area (TPSA) is 47.3 Å². The number of hydrogen-bond acceptors (Lipinski definition) is 4. The smallest absolute Gasteiger partial charge is 0.0870 e. The lowest BCUT2D eigenvalue weighted by Gasteiger charge is -2.32. The fourth-order valence-electron chi connectivity index (χ4n) is 2.04.